The molecule has 0 spiro atoms. The molecule has 26 heavy (non-hydrogen) atoms. The standard InChI is InChI=1S/C24H42O2/c1-5-6-15(2)18-7-8-19-22-20(10-12-24(18,19)4)23(3)11-9-17(25)13-16(23)14-21(22)26/h15-22,25-26H,5-14H2,1-4H3/t15?,16-,17+,18+,19?,20?,21-,22?,23-,24+/m0/s1. The molecule has 0 bridgehead atoms. The van der Waals surface area contributed by atoms with E-state index in [1.807, 2.05) is 0 Å². The summed E-state index contributed by atoms with van der Waals surface area (Å²) in [7, 11) is 0. The van der Waals surface area contributed by atoms with Crippen LogP contribution in [-0.2, 0) is 0 Å². The second-order valence-electron chi connectivity index (χ2n) is 11.2. The molecule has 0 saturated heterocycles. The van der Waals surface area contributed by atoms with Crippen LogP contribution in [0.2, 0.25) is 0 Å². The maximum Gasteiger partial charge on any atom is 0.0577 e. The predicted octanol–water partition coefficient (Wildman–Crippen LogP) is 5.41. The number of fused-ring (bicyclic) bond motifs is 5. The third kappa shape index (κ3) is 2.72. The summed E-state index contributed by atoms with van der Waals surface area (Å²) in [6.45, 7) is 9.92. The fraction of sp³-hybridized carbons (Fsp3) is 1.00. The molecule has 4 fully saturated rings. The van der Waals surface area contributed by atoms with Crippen molar-refractivity contribution >= 4 is 0 Å². The van der Waals surface area contributed by atoms with Gasteiger partial charge in [-0.05, 0) is 97.7 Å². The van der Waals surface area contributed by atoms with Gasteiger partial charge in [-0.2, -0.15) is 0 Å². The molecule has 0 aromatic carbocycles. The highest BCUT2D eigenvalue weighted by atomic mass is 16.3. The topological polar surface area (TPSA) is 40.5 Å². The van der Waals surface area contributed by atoms with E-state index in [1.165, 1.54) is 44.9 Å². The number of aliphatic hydroxyl groups excluding tert-OH is 2. The van der Waals surface area contributed by atoms with E-state index in [0.717, 1.165) is 37.0 Å². The van der Waals surface area contributed by atoms with E-state index >= 15 is 0 Å². The molecular weight excluding hydrogens is 320 g/mol. The monoisotopic (exact) mass is 362 g/mol. The highest BCUT2D eigenvalue weighted by molar-refractivity contribution is 5.11. The number of aliphatic hydroxyl groups is 2. The summed E-state index contributed by atoms with van der Waals surface area (Å²) in [5.41, 5.74) is 0.811. The summed E-state index contributed by atoms with van der Waals surface area (Å²) < 4.78 is 0. The van der Waals surface area contributed by atoms with Gasteiger partial charge in [0, 0.05) is 0 Å². The van der Waals surface area contributed by atoms with Crippen molar-refractivity contribution < 1.29 is 10.2 Å². The molecule has 0 aromatic heterocycles. The number of rotatable bonds is 3. The first kappa shape index (κ1) is 19.2. The summed E-state index contributed by atoms with van der Waals surface area (Å²) in [5, 5.41) is 21.5. The average molecular weight is 363 g/mol. The summed E-state index contributed by atoms with van der Waals surface area (Å²) in [4.78, 5) is 0. The van der Waals surface area contributed by atoms with Crippen molar-refractivity contribution in [2.45, 2.75) is 104 Å². The van der Waals surface area contributed by atoms with Crippen LogP contribution in [-0.4, -0.2) is 22.4 Å². The van der Waals surface area contributed by atoms with Gasteiger partial charge in [0.15, 0.2) is 0 Å². The fourth-order valence-corrected chi connectivity index (χ4v) is 8.83. The van der Waals surface area contributed by atoms with Crippen molar-refractivity contribution in [3.8, 4) is 0 Å². The SMILES string of the molecule is CCCC(C)[C@H]1CCC2C3C(CC[C@@]21C)[C@@]1(C)CC[C@@H](O)C[C@H]1C[C@@H]3O. The molecule has 0 amide bonds. The first-order valence-electron chi connectivity index (χ1n) is 11.7. The van der Waals surface area contributed by atoms with E-state index in [2.05, 4.69) is 27.7 Å². The quantitative estimate of drug-likeness (QED) is 0.704. The Balaban J connectivity index is 1.61. The highest BCUT2D eigenvalue weighted by Crippen LogP contribution is 2.68. The maximum absolute atomic E-state index is 11.3. The van der Waals surface area contributed by atoms with E-state index < -0.39 is 0 Å². The molecular formula is C24H42O2. The fourth-order valence-electron chi connectivity index (χ4n) is 8.83. The second kappa shape index (κ2) is 6.76. The molecule has 2 nitrogen and oxygen atoms in total. The van der Waals surface area contributed by atoms with Crippen LogP contribution in [0, 0.1) is 46.3 Å². The van der Waals surface area contributed by atoms with Crippen molar-refractivity contribution in [1.29, 1.82) is 0 Å². The van der Waals surface area contributed by atoms with Gasteiger partial charge in [-0.3, -0.25) is 0 Å². The van der Waals surface area contributed by atoms with Gasteiger partial charge in [0.05, 0.1) is 12.2 Å². The third-order valence-corrected chi connectivity index (χ3v) is 10.2. The smallest absolute Gasteiger partial charge is 0.0577 e. The Morgan fingerprint density at radius 3 is 2.35 bits per heavy atom. The Kier molecular flexibility index (Phi) is 5.01. The molecule has 4 aliphatic rings. The molecule has 10 atom stereocenters. The van der Waals surface area contributed by atoms with Crippen molar-refractivity contribution in [3.63, 3.8) is 0 Å². The van der Waals surface area contributed by atoms with Crippen LogP contribution in [0.5, 0.6) is 0 Å². The normalized spacial score (nSPS) is 54.9. The molecule has 2 N–H and O–H groups in total. The second-order valence-corrected chi connectivity index (χ2v) is 11.2. The molecule has 2 heteroatoms. The lowest BCUT2D eigenvalue weighted by Gasteiger charge is -2.62. The molecule has 4 aliphatic carbocycles. The summed E-state index contributed by atoms with van der Waals surface area (Å²) in [6, 6.07) is 0. The van der Waals surface area contributed by atoms with E-state index in [-0.39, 0.29) is 12.2 Å². The average Bonchev–Trinajstić information content (AvgIpc) is 2.94. The summed E-state index contributed by atoms with van der Waals surface area (Å²) in [6.07, 6.45) is 11.8. The first-order chi connectivity index (χ1) is 12.3. The van der Waals surface area contributed by atoms with Crippen LogP contribution < -0.4 is 0 Å². The lowest BCUT2D eigenvalue weighted by atomic mass is 9.43. The maximum atomic E-state index is 11.3. The molecule has 0 aromatic rings. The lowest BCUT2D eigenvalue weighted by Crippen LogP contribution is -2.58. The minimum Gasteiger partial charge on any atom is -0.393 e. The zero-order valence-corrected chi connectivity index (χ0v) is 17.6. The van der Waals surface area contributed by atoms with Gasteiger partial charge in [0.25, 0.3) is 0 Å². The van der Waals surface area contributed by atoms with E-state index in [9.17, 15) is 10.2 Å². The Morgan fingerprint density at radius 1 is 0.923 bits per heavy atom. The van der Waals surface area contributed by atoms with Crippen LogP contribution in [0.4, 0.5) is 0 Å². The number of hydrogen-bond donors (Lipinski definition) is 2. The molecule has 4 rings (SSSR count). The van der Waals surface area contributed by atoms with E-state index in [1.54, 1.807) is 0 Å². The third-order valence-electron chi connectivity index (χ3n) is 10.2. The molecule has 4 saturated carbocycles. The van der Waals surface area contributed by atoms with E-state index in [0.29, 0.717) is 28.6 Å². The minimum atomic E-state index is -0.131. The first-order valence-corrected chi connectivity index (χ1v) is 11.7. The molecule has 150 valence electrons. The predicted molar refractivity (Wildman–Crippen MR) is 107 cm³/mol. The van der Waals surface area contributed by atoms with Gasteiger partial charge < -0.3 is 10.2 Å². The van der Waals surface area contributed by atoms with Crippen LogP contribution >= 0.6 is 0 Å². The van der Waals surface area contributed by atoms with Crippen molar-refractivity contribution in [2.75, 3.05) is 0 Å². The van der Waals surface area contributed by atoms with Crippen molar-refractivity contribution in [3.05, 3.63) is 0 Å². The summed E-state index contributed by atoms with van der Waals surface area (Å²) in [5.74, 6) is 4.15. The van der Waals surface area contributed by atoms with Crippen LogP contribution in [0.3, 0.4) is 0 Å². The highest BCUT2D eigenvalue weighted by Gasteiger charge is 2.62. The molecule has 0 heterocycles. The molecule has 0 aliphatic heterocycles. The van der Waals surface area contributed by atoms with Crippen molar-refractivity contribution in [2.24, 2.45) is 46.3 Å². The Bertz CT molecular complexity index is 518. The van der Waals surface area contributed by atoms with Crippen LogP contribution in [0.1, 0.15) is 91.9 Å². The van der Waals surface area contributed by atoms with Crippen LogP contribution in [0.25, 0.3) is 0 Å². The van der Waals surface area contributed by atoms with E-state index in [4.69, 9.17) is 0 Å². The van der Waals surface area contributed by atoms with Crippen LogP contribution in [0.15, 0.2) is 0 Å². The zero-order valence-electron chi connectivity index (χ0n) is 17.6. The molecule has 0 radical (unpaired) electrons. The minimum absolute atomic E-state index is 0.128. The number of hydrogen-bond acceptors (Lipinski definition) is 2. The largest absolute Gasteiger partial charge is 0.393 e. The van der Waals surface area contributed by atoms with Gasteiger partial charge in [-0.1, -0.05) is 40.5 Å². The summed E-state index contributed by atoms with van der Waals surface area (Å²) >= 11 is 0. The van der Waals surface area contributed by atoms with Gasteiger partial charge in [-0.25, -0.2) is 0 Å². The lowest BCUT2D eigenvalue weighted by molar-refractivity contribution is -0.174. The Hall–Kier alpha value is -0.0800. The van der Waals surface area contributed by atoms with Crippen molar-refractivity contribution in [1.82, 2.24) is 0 Å². The Morgan fingerprint density at radius 2 is 1.62 bits per heavy atom. The zero-order chi connectivity index (χ0) is 18.7. The Labute approximate surface area is 161 Å². The van der Waals surface area contributed by atoms with Gasteiger partial charge in [0.2, 0.25) is 0 Å². The van der Waals surface area contributed by atoms with Gasteiger partial charge in [-0.15, -0.1) is 0 Å². The van der Waals surface area contributed by atoms with Gasteiger partial charge >= 0.3 is 0 Å². The molecule has 4 unspecified atom stereocenters. The van der Waals surface area contributed by atoms with Gasteiger partial charge in [0.1, 0.15) is 0 Å².